The van der Waals surface area contributed by atoms with Gasteiger partial charge in [-0.15, -0.1) is 0 Å². The molecule has 0 atom stereocenters. The lowest BCUT2D eigenvalue weighted by Crippen LogP contribution is -2.16. The molecule has 3 rings (SSSR count). The van der Waals surface area contributed by atoms with E-state index in [2.05, 4.69) is 0 Å². The molecule has 0 unspecified atom stereocenters. The molecule has 0 spiro atoms. The van der Waals surface area contributed by atoms with Crippen LogP contribution in [0.25, 0.3) is 12.2 Å². The second-order valence-corrected chi connectivity index (χ2v) is 7.61. The molecule has 6 heteroatoms. The molecule has 0 saturated heterocycles. The summed E-state index contributed by atoms with van der Waals surface area (Å²) in [4.78, 5) is 50.9. The highest BCUT2D eigenvalue weighted by molar-refractivity contribution is 6.27. The van der Waals surface area contributed by atoms with Gasteiger partial charge in [-0.2, -0.15) is 0 Å². The van der Waals surface area contributed by atoms with Gasteiger partial charge in [0.1, 0.15) is 11.1 Å². The Bertz CT molecular complexity index is 1180. The molecule has 0 saturated carbocycles. The monoisotopic (exact) mass is 482 g/mol. The van der Waals surface area contributed by atoms with E-state index in [0.717, 1.165) is 0 Å². The Labute approximate surface area is 209 Å². The van der Waals surface area contributed by atoms with Gasteiger partial charge in [-0.25, -0.2) is 9.59 Å². The Morgan fingerprint density at radius 3 is 1.19 bits per heavy atom. The fourth-order valence-corrected chi connectivity index (χ4v) is 3.36. The number of benzene rings is 3. The summed E-state index contributed by atoms with van der Waals surface area (Å²) in [6.45, 7) is 3.60. The molecule has 6 nitrogen and oxygen atoms in total. The summed E-state index contributed by atoms with van der Waals surface area (Å²) in [5, 5.41) is 0. The van der Waals surface area contributed by atoms with Crippen LogP contribution in [0.15, 0.2) is 96.1 Å². The van der Waals surface area contributed by atoms with Crippen LogP contribution in [0.5, 0.6) is 0 Å². The van der Waals surface area contributed by atoms with Gasteiger partial charge in [0, 0.05) is 11.1 Å². The minimum atomic E-state index is -0.714. The predicted octanol–water partition coefficient (Wildman–Crippen LogP) is 5.35. The first-order chi connectivity index (χ1) is 17.4. The van der Waals surface area contributed by atoms with E-state index in [9.17, 15) is 19.2 Å². The number of Topliss-reactive ketones (excluding diaryl/α,β-unsaturated/α-hetero) is 2. The highest BCUT2D eigenvalue weighted by Gasteiger charge is 2.22. The van der Waals surface area contributed by atoms with Gasteiger partial charge in [-0.05, 0) is 37.1 Å². The molecular weight excluding hydrogens is 456 g/mol. The predicted molar refractivity (Wildman–Crippen MR) is 137 cm³/mol. The molecule has 0 heterocycles. The van der Waals surface area contributed by atoms with Crippen molar-refractivity contribution < 1.29 is 28.7 Å². The van der Waals surface area contributed by atoms with Crippen LogP contribution in [-0.4, -0.2) is 36.7 Å². The molecule has 0 radical (unpaired) electrons. The third kappa shape index (κ3) is 6.73. The molecule has 0 amide bonds. The summed E-state index contributed by atoms with van der Waals surface area (Å²) in [6, 6.07) is 23.7. The minimum absolute atomic E-state index is 0.0992. The van der Waals surface area contributed by atoms with Crippen molar-refractivity contribution >= 4 is 35.7 Å². The molecule has 0 N–H and O–H groups in total. The van der Waals surface area contributed by atoms with Crippen molar-refractivity contribution in [2.45, 2.75) is 13.8 Å². The third-order valence-electron chi connectivity index (χ3n) is 5.11. The van der Waals surface area contributed by atoms with Crippen molar-refractivity contribution in [3.63, 3.8) is 0 Å². The Hall–Kier alpha value is -4.58. The van der Waals surface area contributed by atoms with Crippen molar-refractivity contribution in [1.29, 1.82) is 0 Å². The average Bonchev–Trinajstić information content (AvgIpc) is 2.91. The molecule has 0 aliphatic carbocycles. The van der Waals surface area contributed by atoms with Crippen LogP contribution in [0, 0.1) is 0 Å². The smallest absolute Gasteiger partial charge is 0.342 e. The van der Waals surface area contributed by atoms with Crippen molar-refractivity contribution in [3.05, 3.63) is 118 Å². The molecule has 0 aromatic heterocycles. The first kappa shape index (κ1) is 26.0. The molecule has 3 aromatic carbocycles. The van der Waals surface area contributed by atoms with Gasteiger partial charge in [0.2, 0.25) is 0 Å². The molecule has 3 aromatic rings. The maximum absolute atomic E-state index is 13.0. The SMILES string of the molecule is CCOC(=O)C(=Cc1ccc(C=C(C(=O)OCC)C(=O)c2ccccc2)cc1)C(=O)c1ccccc1. The number of carbonyl (C=O) groups is 4. The number of hydrogen-bond donors (Lipinski definition) is 0. The Morgan fingerprint density at radius 1 is 0.556 bits per heavy atom. The minimum Gasteiger partial charge on any atom is -0.462 e. The fourth-order valence-electron chi connectivity index (χ4n) is 3.36. The van der Waals surface area contributed by atoms with Gasteiger partial charge < -0.3 is 9.47 Å². The highest BCUT2D eigenvalue weighted by Crippen LogP contribution is 2.18. The molecule has 0 aliphatic rings. The van der Waals surface area contributed by atoms with Crippen molar-refractivity contribution in [1.82, 2.24) is 0 Å². The topological polar surface area (TPSA) is 86.7 Å². The maximum atomic E-state index is 13.0. The van der Waals surface area contributed by atoms with Crippen LogP contribution in [0.3, 0.4) is 0 Å². The fraction of sp³-hybridized carbons (Fsp3) is 0.133. The number of esters is 2. The van der Waals surface area contributed by atoms with Gasteiger partial charge in [0.05, 0.1) is 13.2 Å². The summed E-state index contributed by atoms with van der Waals surface area (Å²) >= 11 is 0. The number of rotatable bonds is 10. The number of ether oxygens (including phenoxy) is 2. The zero-order chi connectivity index (χ0) is 25.9. The van der Waals surface area contributed by atoms with E-state index >= 15 is 0 Å². The van der Waals surface area contributed by atoms with Crippen LogP contribution >= 0.6 is 0 Å². The lowest BCUT2D eigenvalue weighted by atomic mass is 9.99. The summed E-state index contributed by atoms with van der Waals surface area (Å²) in [5.41, 5.74) is 1.69. The normalized spacial score (nSPS) is 11.5. The second kappa shape index (κ2) is 12.8. The standard InChI is InChI=1S/C30H26O6/c1-3-35-29(33)25(27(31)23-11-7-5-8-12-23)19-21-15-17-22(18-16-21)20-26(30(34)36-4-2)28(32)24-13-9-6-10-14-24/h5-20H,3-4H2,1-2H3. The lowest BCUT2D eigenvalue weighted by Gasteiger charge is -2.08. The van der Waals surface area contributed by atoms with E-state index < -0.39 is 23.5 Å². The summed E-state index contributed by atoms with van der Waals surface area (Å²) < 4.78 is 10.2. The maximum Gasteiger partial charge on any atom is 0.342 e. The Morgan fingerprint density at radius 2 is 0.889 bits per heavy atom. The average molecular weight is 483 g/mol. The molecule has 182 valence electrons. The largest absolute Gasteiger partial charge is 0.462 e. The molecule has 36 heavy (non-hydrogen) atoms. The molecule has 0 bridgehead atoms. The van der Waals surface area contributed by atoms with Crippen LogP contribution < -0.4 is 0 Å². The van der Waals surface area contributed by atoms with Crippen molar-refractivity contribution in [2.75, 3.05) is 13.2 Å². The summed E-state index contributed by atoms with van der Waals surface area (Å²) in [6.07, 6.45) is 2.92. The molecule has 0 fully saturated rings. The number of carbonyl (C=O) groups excluding carboxylic acids is 4. The van der Waals surface area contributed by atoms with Gasteiger partial charge >= 0.3 is 11.9 Å². The van der Waals surface area contributed by atoms with E-state index in [-0.39, 0.29) is 24.4 Å². The lowest BCUT2D eigenvalue weighted by molar-refractivity contribution is -0.138. The van der Waals surface area contributed by atoms with E-state index in [0.29, 0.717) is 22.3 Å². The van der Waals surface area contributed by atoms with Crippen LogP contribution in [-0.2, 0) is 19.1 Å². The third-order valence-corrected chi connectivity index (χ3v) is 5.11. The van der Waals surface area contributed by atoms with Crippen LogP contribution in [0.1, 0.15) is 45.7 Å². The van der Waals surface area contributed by atoms with E-state index in [1.165, 1.54) is 12.2 Å². The van der Waals surface area contributed by atoms with Crippen molar-refractivity contribution in [2.24, 2.45) is 0 Å². The molecular formula is C30H26O6. The first-order valence-corrected chi connectivity index (χ1v) is 11.5. The van der Waals surface area contributed by atoms with Gasteiger partial charge in [0.25, 0.3) is 0 Å². The first-order valence-electron chi connectivity index (χ1n) is 11.5. The van der Waals surface area contributed by atoms with Crippen LogP contribution in [0.4, 0.5) is 0 Å². The van der Waals surface area contributed by atoms with Gasteiger partial charge in [-0.3, -0.25) is 9.59 Å². The zero-order valence-corrected chi connectivity index (χ0v) is 20.1. The van der Waals surface area contributed by atoms with Gasteiger partial charge in [0.15, 0.2) is 11.6 Å². The van der Waals surface area contributed by atoms with Crippen LogP contribution in [0.2, 0.25) is 0 Å². The van der Waals surface area contributed by atoms with E-state index in [1.54, 1.807) is 98.8 Å². The van der Waals surface area contributed by atoms with Gasteiger partial charge in [-0.1, -0.05) is 84.9 Å². The van der Waals surface area contributed by atoms with Crippen molar-refractivity contribution in [3.8, 4) is 0 Å². The summed E-state index contributed by atoms with van der Waals surface area (Å²) in [7, 11) is 0. The molecule has 0 aliphatic heterocycles. The zero-order valence-electron chi connectivity index (χ0n) is 20.1. The second-order valence-electron chi connectivity index (χ2n) is 7.61. The summed E-state index contributed by atoms with van der Waals surface area (Å²) in [5.74, 6) is -2.33. The Balaban J connectivity index is 1.95. The Kier molecular flexibility index (Phi) is 9.23. The van der Waals surface area contributed by atoms with E-state index in [1.807, 2.05) is 0 Å². The highest BCUT2D eigenvalue weighted by atomic mass is 16.5. The number of hydrogen-bond acceptors (Lipinski definition) is 6. The number of ketones is 2. The quantitative estimate of drug-likeness (QED) is 0.127. The van der Waals surface area contributed by atoms with E-state index in [4.69, 9.17) is 9.47 Å².